The summed E-state index contributed by atoms with van der Waals surface area (Å²) >= 11 is 5.79. The fourth-order valence-electron chi connectivity index (χ4n) is 2.13. The molecule has 1 aliphatic carbocycles. The molecule has 0 unspecified atom stereocenters. The second-order valence-electron chi connectivity index (χ2n) is 4.53. The second kappa shape index (κ2) is 4.28. The highest BCUT2D eigenvalue weighted by Gasteiger charge is 2.58. The first kappa shape index (κ1) is 12.6. The SMILES string of the molecule is O=S(=O)(c1ccccn1)C1(c2ccc(Cl)cn2)CC1. The van der Waals surface area contributed by atoms with Gasteiger partial charge in [0.05, 0.1) is 10.7 Å². The molecule has 98 valence electrons. The van der Waals surface area contributed by atoms with E-state index in [0.717, 1.165) is 0 Å². The van der Waals surface area contributed by atoms with Gasteiger partial charge in [-0.2, -0.15) is 0 Å². The first-order chi connectivity index (χ1) is 9.06. The van der Waals surface area contributed by atoms with Gasteiger partial charge in [0.25, 0.3) is 0 Å². The van der Waals surface area contributed by atoms with Crippen LogP contribution in [0.5, 0.6) is 0 Å². The molecule has 4 nitrogen and oxygen atoms in total. The van der Waals surface area contributed by atoms with Gasteiger partial charge in [0, 0.05) is 12.4 Å². The zero-order valence-corrected chi connectivity index (χ0v) is 11.5. The lowest BCUT2D eigenvalue weighted by molar-refractivity contribution is 0.574. The van der Waals surface area contributed by atoms with Gasteiger partial charge in [-0.25, -0.2) is 13.4 Å². The Morgan fingerprint density at radius 2 is 1.89 bits per heavy atom. The summed E-state index contributed by atoms with van der Waals surface area (Å²) in [6.45, 7) is 0. The maximum atomic E-state index is 12.7. The minimum Gasteiger partial charge on any atom is -0.258 e. The molecule has 0 bridgehead atoms. The van der Waals surface area contributed by atoms with E-state index in [2.05, 4.69) is 9.97 Å². The molecule has 0 atom stereocenters. The van der Waals surface area contributed by atoms with Gasteiger partial charge in [0.2, 0.25) is 9.84 Å². The Kier molecular flexibility index (Phi) is 2.83. The molecule has 19 heavy (non-hydrogen) atoms. The number of nitrogens with zero attached hydrogens (tertiary/aromatic N) is 2. The predicted molar refractivity (Wildman–Crippen MR) is 71.6 cm³/mol. The maximum Gasteiger partial charge on any atom is 0.206 e. The van der Waals surface area contributed by atoms with Crippen molar-refractivity contribution >= 4 is 21.4 Å². The summed E-state index contributed by atoms with van der Waals surface area (Å²) in [5, 5.41) is 0.596. The van der Waals surface area contributed by atoms with Crippen molar-refractivity contribution in [3.05, 3.63) is 53.4 Å². The molecule has 0 amide bonds. The van der Waals surface area contributed by atoms with Crippen molar-refractivity contribution in [3.8, 4) is 0 Å². The molecule has 0 aliphatic heterocycles. The van der Waals surface area contributed by atoms with Crippen LogP contribution in [0.25, 0.3) is 0 Å². The number of rotatable bonds is 3. The fraction of sp³-hybridized carbons (Fsp3) is 0.231. The van der Waals surface area contributed by atoms with E-state index in [0.29, 0.717) is 23.6 Å². The Hall–Kier alpha value is -1.46. The average Bonchev–Trinajstić information content (AvgIpc) is 3.22. The Labute approximate surface area is 116 Å². The van der Waals surface area contributed by atoms with Crippen molar-refractivity contribution in [2.24, 2.45) is 0 Å². The van der Waals surface area contributed by atoms with E-state index in [-0.39, 0.29) is 5.03 Å². The smallest absolute Gasteiger partial charge is 0.206 e. The molecule has 0 N–H and O–H groups in total. The van der Waals surface area contributed by atoms with Crippen molar-refractivity contribution < 1.29 is 8.42 Å². The van der Waals surface area contributed by atoms with Crippen LogP contribution in [0.2, 0.25) is 5.02 Å². The number of halogens is 1. The van der Waals surface area contributed by atoms with E-state index in [1.807, 2.05) is 0 Å². The van der Waals surface area contributed by atoms with Gasteiger partial charge in [-0.05, 0) is 37.1 Å². The highest BCUT2D eigenvalue weighted by molar-refractivity contribution is 7.92. The van der Waals surface area contributed by atoms with E-state index in [1.54, 1.807) is 24.3 Å². The third-order valence-corrected chi connectivity index (χ3v) is 5.99. The Morgan fingerprint density at radius 1 is 1.11 bits per heavy atom. The van der Waals surface area contributed by atoms with E-state index in [9.17, 15) is 8.42 Å². The lowest BCUT2D eigenvalue weighted by atomic mass is 10.2. The Balaban J connectivity index is 2.09. The molecule has 2 aromatic rings. The Bertz CT molecular complexity index is 695. The monoisotopic (exact) mass is 294 g/mol. The molecule has 1 aliphatic rings. The highest BCUT2D eigenvalue weighted by atomic mass is 35.5. The van der Waals surface area contributed by atoms with E-state index in [4.69, 9.17) is 11.6 Å². The molecule has 0 radical (unpaired) electrons. The summed E-state index contributed by atoms with van der Waals surface area (Å²) < 4.78 is 24.4. The van der Waals surface area contributed by atoms with Crippen LogP contribution in [0.15, 0.2) is 47.8 Å². The summed E-state index contributed by atoms with van der Waals surface area (Å²) in [5.41, 5.74) is 0.544. The Morgan fingerprint density at radius 3 is 2.42 bits per heavy atom. The molecule has 2 aromatic heterocycles. The molecule has 0 saturated heterocycles. The highest BCUT2D eigenvalue weighted by Crippen LogP contribution is 2.54. The van der Waals surface area contributed by atoms with Crippen molar-refractivity contribution in [1.82, 2.24) is 9.97 Å². The fourth-order valence-corrected chi connectivity index (χ4v) is 4.13. The first-order valence-electron chi connectivity index (χ1n) is 5.84. The average molecular weight is 295 g/mol. The van der Waals surface area contributed by atoms with Crippen LogP contribution in [0.4, 0.5) is 0 Å². The third kappa shape index (κ3) is 1.93. The van der Waals surface area contributed by atoms with Crippen LogP contribution >= 0.6 is 11.6 Å². The van der Waals surface area contributed by atoms with E-state index >= 15 is 0 Å². The summed E-state index contributed by atoms with van der Waals surface area (Å²) in [6, 6.07) is 8.23. The standard InChI is InChI=1S/C13H11ClN2O2S/c14-10-4-5-11(16-9-10)13(6-7-13)19(17,18)12-3-1-2-8-15-12/h1-5,8-9H,6-7H2. The molecule has 0 aromatic carbocycles. The summed E-state index contributed by atoms with van der Waals surface area (Å²) in [5.74, 6) is 0. The number of hydrogen-bond donors (Lipinski definition) is 0. The van der Waals surface area contributed by atoms with Crippen LogP contribution in [0.1, 0.15) is 18.5 Å². The zero-order valence-electron chi connectivity index (χ0n) is 9.95. The number of pyridine rings is 2. The van der Waals surface area contributed by atoms with Crippen molar-refractivity contribution in [3.63, 3.8) is 0 Å². The number of sulfone groups is 1. The molecular formula is C13H11ClN2O2S. The summed E-state index contributed by atoms with van der Waals surface area (Å²) in [6.07, 6.45) is 4.10. The number of aromatic nitrogens is 2. The van der Waals surface area contributed by atoms with Crippen molar-refractivity contribution in [2.45, 2.75) is 22.6 Å². The molecule has 6 heteroatoms. The molecule has 0 spiro atoms. The third-order valence-electron chi connectivity index (χ3n) is 3.33. The summed E-state index contributed by atoms with van der Waals surface area (Å²) in [7, 11) is -3.51. The topological polar surface area (TPSA) is 59.9 Å². The van der Waals surface area contributed by atoms with Gasteiger partial charge >= 0.3 is 0 Å². The largest absolute Gasteiger partial charge is 0.258 e. The van der Waals surface area contributed by atoms with Crippen LogP contribution in [0.3, 0.4) is 0 Å². The molecule has 3 rings (SSSR count). The van der Waals surface area contributed by atoms with Gasteiger partial charge in [0.1, 0.15) is 4.75 Å². The lowest BCUT2D eigenvalue weighted by Gasteiger charge is -2.15. The van der Waals surface area contributed by atoms with Crippen molar-refractivity contribution in [1.29, 1.82) is 0 Å². The normalized spacial score (nSPS) is 17.1. The van der Waals surface area contributed by atoms with Gasteiger partial charge in [0.15, 0.2) is 5.03 Å². The molecule has 2 heterocycles. The van der Waals surface area contributed by atoms with E-state index < -0.39 is 14.6 Å². The first-order valence-corrected chi connectivity index (χ1v) is 7.70. The maximum absolute atomic E-state index is 12.7. The van der Waals surface area contributed by atoms with Crippen LogP contribution in [-0.2, 0) is 14.6 Å². The lowest BCUT2D eigenvalue weighted by Crippen LogP contribution is -2.23. The minimum absolute atomic E-state index is 0.101. The quantitative estimate of drug-likeness (QED) is 0.873. The second-order valence-corrected chi connectivity index (χ2v) is 7.17. The van der Waals surface area contributed by atoms with Gasteiger partial charge in [-0.3, -0.25) is 4.98 Å². The number of hydrogen-bond acceptors (Lipinski definition) is 4. The predicted octanol–water partition coefficient (Wildman–Crippen LogP) is 2.59. The van der Waals surface area contributed by atoms with Gasteiger partial charge in [-0.15, -0.1) is 0 Å². The minimum atomic E-state index is -3.51. The summed E-state index contributed by atoms with van der Waals surface area (Å²) in [4.78, 5) is 8.12. The van der Waals surface area contributed by atoms with E-state index in [1.165, 1.54) is 18.5 Å². The molecule has 1 saturated carbocycles. The van der Waals surface area contributed by atoms with Gasteiger partial charge < -0.3 is 0 Å². The van der Waals surface area contributed by atoms with Gasteiger partial charge in [-0.1, -0.05) is 17.7 Å². The van der Waals surface area contributed by atoms with Crippen LogP contribution < -0.4 is 0 Å². The zero-order chi connectivity index (χ0) is 13.5. The van der Waals surface area contributed by atoms with Crippen LogP contribution in [0, 0.1) is 0 Å². The van der Waals surface area contributed by atoms with Crippen molar-refractivity contribution in [2.75, 3.05) is 0 Å². The van der Waals surface area contributed by atoms with Crippen LogP contribution in [-0.4, -0.2) is 18.4 Å². The molecule has 1 fully saturated rings. The molecular weight excluding hydrogens is 284 g/mol.